The summed E-state index contributed by atoms with van der Waals surface area (Å²) in [6.45, 7) is 2.03. The SMILES string of the molecule is CCOC(=O)c1c(NC(=O)NCCC(=O)O)sc2c1CCSC2. The lowest BCUT2D eigenvalue weighted by Gasteiger charge is -2.12. The molecule has 0 saturated carbocycles. The van der Waals surface area contributed by atoms with Crippen LogP contribution in [0.15, 0.2) is 0 Å². The van der Waals surface area contributed by atoms with E-state index >= 15 is 0 Å². The molecule has 7 nitrogen and oxygen atoms in total. The van der Waals surface area contributed by atoms with Crippen LogP contribution in [0, 0.1) is 0 Å². The largest absolute Gasteiger partial charge is 0.481 e. The highest BCUT2D eigenvalue weighted by Crippen LogP contribution is 2.39. The van der Waals surface area contributed by atoms with E-state index in [1.165, 1.54) is 11.3 Å². The zero-order valence-corrected chi connectivity index (χ0v) is 14.3. The van der Waals surface area contributed by atoms with E-state index in [9.17, 15) is 14.4 Å². The van der Waals surface area contributed by atoms with Gasteiger partial charge in [0, 0.05) is 17.2 Å². The van der Waals surface area contributed by atoms with Gasteiger partial charge in [0.25, 0.3) is 0 Å². The third-order valence-corrected chi connectivity index (χ3v) is 5.47. The Bertz CT molecular complexity index is 615. The van der Waals surface area contributed by atoms with Gasteiger partial charge in [-0.3, -0.25) is 10.1 Å². The standard InChI is InChI=1S/C14H18N2O5S2/c1-2-21-13(19)11-8-4-6-22-7-9(8)23-12(11)16-14(20)15-5-3-10(17)18/h2-7H2,1H3,(H,17,18)(H2,15,16,20). The molecule has 0 unspecified atom stereocenters. The number of anilines is 1. The summed E-state index contributed by atoms with van der Waals surface area (Å²) in [6, 6.07) is -0.525. The molecule has 0 saturated heterocycles. The number of thiophene rings is 1. The summed E-state index contributed by atoms with van der Waals surface area (Å²) in [5, 5.41) is 14.1. The van der Waals surface area contributed by atoms with Gasteiger partial charge in [0.2, 0.25) is 0 Å². The molecule has 2 amide bonds. The van der Waals surface area contributed by atoms with Crippen LogP contribution in [-0.2, 0) is 21.7 Å². The molecule has 3 N–H and O–H groups in total. The van der Waals surface area contributed by atoms with Crippen LogP contribution >= 0.6 is 23.1 Å². The number of carbonyl (C=O) groups is 3. The second-order valence-electron chi connectivity index (χ2n) is 4.76. The number of esters is 1. The van der Waals surface area contributed by atoms with Crippen molar-refractivity contribution in [2.75, 3.05) is 24.2 Å². The molecular weight excluding hydrogens is 340 g/mol. The molecule has 0 aliphatic carbocycles. The molecule has 1 aromatic heterocycles. The topological polar surface area (TPSA) is 105 Å². The number of nitrogens with one attached hydrogen (secondary N) is 2. The van der Waals surface area contributed by atoms with Crippen molar-refractivity contribution in [3.05, 3.63) is 16.0 Å². The van der Waals surface area contributed by atoms with Crippen LogP contribution in [0.25, 0.3) is 0 Å². The number of carboxylic acid groups (broad SMARTS) is 1. The molecule has 0 atom stereocenters. The second kappa shape index (κ2) is 8.21. The van der Waals surface area contributed by atoms with Gasteiger partial charge in [-0.25, -0.2) is 9.59 Å². The van der Waals surface area contributed by atoms with E-state index in [1.54, 1.807) is 18.7 Å². The van der Waals surface area contributed by atoms with Crippen LogP contribution in [-0.4, -0.2) is 42.0 Å². The lowest BCUT2D eigenvalue weighted by molar-refractivity contribution is -0.136. The molecule has 1 aromatic rings. The summed E-state index contributed by atoms with van der Waals surface area (Å²) < 4.78 is 5.10. The molecule has 0 aromatic carbocycles. The van der Waals surface area contributed by atoms with E-state index in [4.69, 9.17) is 9.84 Å². The lowest BCUT2D eigenvalue weighted by Crippen LogP contribution is -2.30. The van der Waals surface area contributed by atoms with Gasteiger partial charge in [-0.05, 0) is 24.7 Å². The Morgan fingerprint density at radius 3 is 2.83 bits per heavy atom. The van der Waals surface area contributed by atoms with Crippen molar-refractivity contribution in [2.24, 2.45) is 0 Å². The number of urea groups is 1. The summed E-state index contributed by atoms with van der Waals surface area (Å²) in [5.41, 5.74) is 1.38. The Morgan fingerprint density at radius 1 is 1.35 bits per heavy atom. The second-order valence-corrected chi connectivity index (χ2v) is 6.97. The number of hydrogen-bond acceptors (Lipinski definition) is 6. The molecule has 2 heterocycles. The smallest absolute Gasteiger partial charge is 0.341 e. The highest BCUT2D eigenvalue weighted by Gasteiger charge is 2.27. The number of amides is 2. The normalized spacial score (nSPS) is 13.1. The summed E-state index contributed by atoms with van der Waals surface area (Å²) in [4.78, 5) is 35.6. The summed E-state index contributed by atoms with van der Waals surface area (Å²) in [7, 11) is 0. The number of carboxylic acids is 1. The molecule has 0 fully saturated rings. The highest BCUT2D eigenvalue weighted by molar-refractivity contribution is 7.98. The molecule has 1 aliphatic rings. The van der Waals surface area contributed by atoms with Gasteiger partial charge in [0.05, 0.1) is 18.6 Å². The number of thioether (sulfide) groups is 1. The maximum absolute atomic E-state index is 12.2. The quantitative estimate of drug-likeness (QED) is 0.674. The fraction of sp³-hybridized carbons (Fsp3) is 0.500. The summed E-state index contributed by atoms with van der Waals surface area (Å²) >= 11 is 3.16. The molecule has 1 aliphatic heterocycles. The van der Waals surface area contributed by atoms with Gasteiger partial charge < -0.3 is 15.2 Å². The molecule has 9 heteroatoms. The third kappa shape index (κ3) is 4.61. The number of rotatable bonds is 6. The molecule has 0 radical (unpaired) electrons. The Hall–Kier alpha value is -1.74. The van der Waals surface area contributed by atoms with Gasteiger partial charge in [-0.2, -0.15) is 11.8 Å². The fourth-order valence-electron chi connectivity index (χ4n) is 2.17. The maximum Gasteiger partial charge on any atom is 0.341 e. The van der Waals surface area contributed by atoms with E-state index in [-0.39, 0.29) is 19.6 Å². The van der Waals surface area contributed by atoms with E-state index in [0.717, 1.165) is 28.4 Å². The Labute approximate surface area is 141 Å². The maximum atomic E-state index is 12.2. The van der Waals surface area contributed by atoms with E-state index in [0.29, 0.717) is 10.6 Å². The van der Waals surface area contributed by atoms with Crippen molar-refractivity contribution in [1.82, 2.24) is 5.32 Å². The van der Waals surface area contributed by atoms with Crippen molar-refractivity contribution >= 4 is 46.1 Å². The van der Waals surface area contributed by atoms with Crippen LogP contribution in [0.4, 0.5) is 9.80 Å². The number of aliphatic carboxylic acids is 1. The Balaban J connectivity index is 2.13. The van der Waals surface area contributed by atoms with Gasteiger partial charge in [0.15, 0.2) is 0 Å². The average molecular weight is 358 g/mol. The molecular formula is C14H18N2O5S2. The van der Waals surface area contributed by atoms with Gasteiger partial charge in [-0.15, -0.1) is 11.3 Å². The van der Waals surface area contributed by atoms with Crippen LogP contribution in [0.2, 0.25) is 0 Å². The zero-order chi connectivity index (χ0) is 16.8. The number of ether oxygens (including phenoxy) is 1. The average Bonchev–Trinajstić information content (AvgIpc) is 2.84. The minimum atomic E-state index is -0.985. The first-order valence-corrected chi connectivity index (χ1v) is 9.16. The first kappa shape index (κ1) is 17.6. The number of hydrogen-bond donors (Lipinski definition) is 3. The molecule has 23 heavy (non-hydrogen) atoms. The van der Waals surface area contributed by atoms with E-state index in [1.807, 2.05) is 0 Å². The predicted octanol–water partition coefficient (Wildman–Crippen LogP) is 2.31. The van der Waals surface area contributed by atoms with Gasteiger partial charge in [0.1, 0.15) is 5.00 Å². The first-order chi connectivity index (χ1) is 11.0. The van der Waals surface area contributed by atoms with E-state index < -0.39 is 18.0 Å². The Morgan fingerprint density at radius 2 is 2.13 bits per heavy atom. The summed E-state index contributed by atoms with van der Waals surface area (Å²) in [6.07, 6.45) is 0.614. The monoisotopic (exact) mass is 358 g/mol. The van der Waals surface area contributed by atoms with E-state index in [2.05, 4.69) is 10.6 Å². The fourth-order valence-corrected chi connectivity index (χ4v) is 4.53. The van der Waals surface area contributed by atoms with Crippen molar-refractivity contribution < 1.29 is 24.2 Å². The minimum Gasteiger partial charge on any atom is -0.481 e. The summed E-state index contributed by atoms with van der Waals surface area (Å²) in [5.74, 6) is 0.327. The van der Waals surface area contributed by atoms with Crippen molar-refractivity contribution in [3.63, 3.8) is 0 Å². The predicted molar refractivity (Wildman–Crippen MR) is 89.4 cm³/mol. The van der Waals surface area contributed by atoms with Crippen molar-refractivity contribution in [1.29, 1.82) is 0 Å². The van der Waals surface area contributed by atoms with Gasteiger partial charge in [-0.1, -0.05) is 0 Å². The van der Waals surface area contributed by atoms with Crippen LogP contribution < -0.4 is 10.6 Å². The molecule has 0 bridgehead atoms. The van der Waals surface area contributed by atoms with Crippen molar-refractivity contribution in [2.45, 2.75) is 25.5 Å². The van der Waals surface area contributed by atoms with Crippen LogP contribution in [0.3, 0.4) is 0 Å². The zero-order valence-electron chi connectivity index (χ0n) is 12.6. The van der Waals surface area contributed by atoms with Gasteiger partial charge >= 0.3 is 18.0 Å². The number of fused-ring (bicyclic) bond motifs is 1. The third-order valence-electron chi connectivity index (χ3n) is 3.15. The van der Waals surface area contributed by atoms with Crippen molar-refractivity contribution in [3.8, 4) is 0 Å². The van der Waals surface area contributed by atoms with Crippen LogP contribution in [0.1, 0.15) is 34.1 Å². The number of carbonyl (C=O) groups excluding carboxylic acids is 2. The first-order valence-electron chi connectivity index (χ1n) is 7.19. The highest BCUT2D eigenvalue weighted by atomic mass is 32.2. The van der Waals surface area contributed by atoms with Crippen LogP contribution in [0.5, 0.6) is 0 Å². The molecule has 2 rings (SSSR count). The molecule has 0 spiro atoms. The lowest BCUT2D eigenvalue weighted by atomic mass is 10.1. The minimum absolute atomic E-state index is 0.0247. The Kier molecular flexibility index (Phi) is 6.28. The molecule has 126 valence electrons.